The summed E-state index contributed by atoms with van der Waals surface area (Å²) in [4.78, 5) is 11.2. The van der Waals surface area contributed by atoms with Crippen LogP contribution in [0.5, 0.6) is 0 Å². The first-order valence-corrected chi connectivity index (χ1v) is 4.26. The minimum Gasteiger partial charge on any atom is -0.291 e. The highest BCUT2D eigenvalue weighted by molar-refractivity contribution is 6.01. The van der Waals surface area contributed by atoms with E-state index in [1.807, 2.05) is 0 Å². The summed E-state index contributed by atoms with van der Waals surface area (Å²) in [7, 11) is 0. The van der Waals surface area contributed by atoms with Crippen LogP contribution in [0.3, 0.4) is 0 Å². The Balaban J connectivity index is 2.60. The molecular weight excluding hydrogens is 193 g/mol. The van der Waals surface area contributed by atoms with E-state index in [2.05, 4.69) is 0 Å². The molecule has 0 aromatic heterocycles. The molecule has 1 aromatic rings. The topological polar surface area (TPSA) is 17.1 Å². The molecular formula is C10H7F3O. The third kappa shape index (κ3) is 1.31. The van der Waals surface area contributed by atoms with Gasteiger partial charge in [0.2, 0.25) is 0 Å². The molecule has 1 atom stereocenters. The Morgan fingerprint density at radius 1 is 1.29 bits per heavy atom. The van der Waals surface area contributed by atoms with Gasteiger partial charge in [0.1, 0.15) is 11.6 Å². The summed E-state index contributed by atoms with van der Waals surface area (Å²) >= 11 is 0. The molecule has 0 N–H and O–H groups in total. The van der Waals surface area contributed by atoms with Crippen molar-refractivity contribution in [1.29, 1.82) is 0 Å². The SMILES string of the molecule is O=C1c2c(F)cc(F)cc2CCC1F. The van der Waals surface area contributed by atoms with Crippen LogP contribution < -0.4 is 0 Å². The molecule has 74 valence electrons. The van der Waals surface area contributed by atoms with Gasteiger partial charge >= 0.3 is 0 Å². The fourth-order valence-electron chi connectivity index (χ4n) is 1.67. The minimum absolute atomic E-state index is 0.00866. The maximum Gasteiger partial charge on any atom is 0.200 e. The van der Waals surface area contributed by atoms with Crippen molar-refractivity contribution in [3.8, 4) is 0 Å². The predicted octanol–water partition coefficient (Wildman–Crippen LogP) is 2.43. The fourth-order valence-corrected chi connectivity index (χ4v) is 1.67. The van der Waals surface area contributed by atoms with Crippen LogP contribution in [-0.4, -0.2) is 12.0 Å². The highest BCUT2D eigenvalue weighted by Crippen LogP contribution is 2.26. The van der Waals surface area contributed by atoms with Gasteiger partial charge in [-0.2, -0.15) is 0 Å². The molecule has 0 radical (unpaired) electrons. The molecule has 1 aromatic carbocycles. The van der Waals surface area contributed by atoms with E-state index in [0.29, 0.717) is 6.07 Å². The van der Waals surface area contributed by atoms with Gasteiger partial charge in [-0.15, -0.1) is 0 Å². The van der Waals surface area contributed by atoms with E-state index in [1.165, 1.54) is 0 Å². The molecule has 4 heteroatoms. The summed E-state index contributed by atoms with van der Waals surface area (Å²) in [6.45, 7) is 0. The summed E-state index contributed by atoms with van der Waals surface area (Å²) in [5.74, 6) is -2.57. The van der Waals surface area contributed by atoms with Crippen LogP contribution in [0, 0.1) is 11.6 Å². The van der Waals surface area contributed by atoms with Crippen LogP contribution in [-0.2, 0) is 6.42 Å². The predicted molar refractivity (Wildman–Crippen MR) is 43.9 cm³/mol. The van der Waals surface area contributed by atoms with Gasteiger partial charge in [0.05, 0.1) is 5.56 Å². The van der Waals surface area contributed by atoms with Crippen LogP contribution in [0.1, 0.15) is 22.3 Å². The lowest BCUT2D eigenvalue weighted by molar-refractivity contribution is 0.0851. The molecule has 0 saturated heterocycles. The quantitative estimate of drug-likeness (QED) is 0.628. The van der Waals surface area contributed by atoms with Crippen molar-refractivity contribution in [3.05, 3.63) is 34.9 Å². The summed E-state index contributed by atoms with van der Waals surface area (Å²) in [6.07, 6.45) is -1.44. The number of hydrogen-bond acceptors (Lipinski definition) is 1. The highest BCUT2D eigenvalue weighted by atomic mass is 19.1. The van der Waals surface area contributed by atoms with Gasteiger partial charge in [-0.05, 0) is 24.5 Å². The minimum atomic E-state index is -1.65. The molecule has 0 aliphatic heterocycles. The number of fused-ring (bicyclic) bond motifs is 1. The highest BCUT2D eigenvalue weighted by Gasteiger charge is 2.30. The summed E-state index contributed by atoms with van der Waals surface area (Å²) in [5, 5.41) is 0. The number of carbonyl (C=O) groups excluding carboxylic acids is 1. The maximum atomic E-state index is 13.1. The lowest BCUT2D eigenvalue weighted by Crippen LogP contribution is -2.25. The first-order valence-electron chi connectivity index (χ1n) is 4.26. The second kappa shape index (κ2) is 3.12. The summed E-state index contributed by atoms with van der Waals surface area (Å²) in [5.41, 5.74) is -0.0217. The Hall–Kier alpha value is -1.32. The second-order valence-electron chi connectivity index (χ2n) is 3.29. The average Bonchev–Trinajstić information content (AvgIpc) is 2.10. The first-order chi connectivity index (χ1) is 6.59. The molecule has 0 fully saturated rings. The smallest absolute Gasteiger partial charge is 0.200 e. The lowest BCUT2D eigenvalue weighted by atomic mass is 9.89. The molecule has 0 amide bonds. The Morgan fingerprint density at radius 3 is 2.71 bits per heavy atom. The van der Waals surface area contributed by atoms with Gasteiger partial charge in [-0.1, -0.05) is 0 Å². The monoisotopic (exact) mass is 200 g/mol. The lowest BCUT2D eigenvalue weighted by Gasteiger charge is -2.18. The number of aryl methyl sites for hydroxylation is 1. The Bertz CT molecular complexity index is 401. The second-order valence-corrected chi connectivity index (χ2v) is 3.29. The third-order valence-electron chi connectivity index (χ3n) is 2.33. The molecule has 2 rings (SSSR count). The van der Waals surface area contributed by atoms with Crippen LogP contribution in [0.15, 0.2) is 12.1 Å². The van der Waals surface area contributed by atoms with Crippen LogP contribution >= 0.6 is 0 Å². The van der Waals surface area contributed by atoms with Crippen LogP contribution in [0.2, 0.25) is 0 Å². The number of halogens is 3. The Labute approximate surface area is 78.5 Å². The van der Waals surface area contributed by atoms with Crippen molar-refractivity contribution in [3.63, 3.8) is 0 Å². The van der Waals surface area contributed by atoms with E-state index in [4.69, 9.17) is 0 Å². The number of ketones is 1. The molecule has 0 heterocycles. The molecule has 1 nitrogen and oxygen atoms in total. The number of Topliss-reactive ketones (excluding diaryl/α,β-unsaturated/α-hetero) is 1. The van der Waals surface area contributed by atoms with E-state index in [-0.39, 0.29) is 24.0 Å². The van der Waals surface area contributed by atoms with Crippen LogP contribution in [0.25, 0.3) is 0 Å². The number of alkyl halides is 1. The number of rotatable bonds is 0. The van der Waals surface area contributed by atoms with Crippen molar-refractivity contribution < 1.29 is 18.0 Å². The van der Waals surface area contributed by atoms with Gasteiger partial charge in [-0.25, -0.2) is 13.2 Å². The summed E-state index contributed by atoms with van der Waals surface area (Å²) in [6, 6.07) is 1.69. The number of benzene rings is 1. The van der Waals surface area contributed by atoms with E-state index >= 15 is 0 Å². The Morgan fingerprint density at radius 2 is 2.00 bits per heavy atom. The van der Waals surface area contributed by atoms with E-state index < -0.39 is 23.6 Å². The van der Waals surface area contributed by atoms with E-state index in [1.54, 1.807) is 0 Å². The zero-order valence-electron chi connectivity index (χ0n) is 7.19. The molecule has 14 heavy (non-hydrogen) atoms. The van der Waals surface area contributed by atoms with Crippen molar-refractivity contribution in [2.75, 3.05) is 0 Å². The molecule has 0 saturated carbocycles. The number of carbonyl (C=O) groups is 1. The van der Waals surface area contributed by atoms with Gasteiger partial charge < -0.3 is 0 Å². The molecule has 0 spiro atoms. The van der Waals surface area contributed by atoms with Gasteiger partial charge in [-0.3, -0.25) is 4.79 Å². The normalized spacial score (nSPS) is 20.8. The first kappa shape index (κ1) is 9.24. The molecule has 1 aliphatic rings. The summed E-state index contributed by atoms with van der Waals surface area (Å²) < 4.78 is 38.8. The van der Waals surface area contributed by atoms with Crippen molar-refractivity contribution >= 4 is 5.78 Å². The van der Waals surface area contributed by atoms with E-state index in [0.717, 1.165) is 6.07 Å². The standard InChI is InChI=1S/C10H7F3O/c11-6-3-5-1-2-7(12)10(14)9(5)8(13)4-6/h3-4,7H,1-2H2. The Kier molecular flexibility index (Phi) is 2.06. The van der Waals surface area contributed by atoms with Gasteiger partial charge in [0.15, 0.2) is 12.0 Å². The third-order valence-corrected chi connectivity index (χ3v) is 2.33. The average molecular weight is 200 g/mol. The fraction of sp³-hybridized carbons (Fsp3) is 0.300. The van der Waals surface area contributed by atoms with Crippen LogP contribution in [0.4, 0.5) is 13.2 Å². The maximum absolute atomic E-state index is 13.1. The molecule has 1 unspecified atom stereocenters. The zero-order chi connectivity index (χ0) is 10.3. The molecule has 0 bridgehead atoms. The van der Waals surface area contributed by atoms with Gasteiger partial charge in [0, 0.05) is 6.07 Å². The van der Waals surface area contributed by atoms with Crippen molar-refractivity contribution in [2.45, 2.75) is 19.0 Å². The number of hydrogen-bond donors (Lipinski definition) is 0. The van der Waals surface area contributed by atoms with Crippen molar-refractivity contribution in [2.24, 2.45) is 0 Å². The van der Waals surface area contributed by atoms with E-state index in [9.17, 15) is 18.0 Å². The van der Waals surface area contributed by atoms with Gasteiger partial charge in [0.25, 0.3) is 0 Å². The van der Waals surface area contributed by atoms with Crippen molar-refractivity contribution in [1.82, 2.24) is 0 Å². The largest absolute Gasteiger partial charge is 0.291 e. The molecule has 1 aliphatic carbocycles. The zero-order valence-corrected chi connectivity index (χ0v) is 7.19.